The summed E-state index contributed by atoms with van der Waals surface area (Å²) in [5.74, 6) is 0. The van der Waals surface area contributed by atoms with Crippen LogP contribution >= 0.6 is 11.1 Å². The molecule has 0 aliphatic heterocycles. The van der Waals surface area contributed by atoms with Crippen LogP contribution in [-0.4, -0.2) is 27.4 Å². The largest absolute Gasteiger partial charge is 0.613 e. The van der Waals surface area contributed by atoms with Gasteiger partial charge in [0.1, 0.15) is 0 Å². The van der Waals surface area contributed by atoms with Crippen LogP contribution in [-0.2, 0) is 13.3 Å². The molecule has 0 fully saturated rings. The molecular formula is C24H51ClO3Si. The zero-order chi connectivity index (χ0) is 21.6. The Balaban J connectivity index is 3.38. The van der Waals surface area contributed by atoms with Crippen molar-refractivity contribution in [3.63, 3.8) is 0 Å². The molecule has 0 aliphatic carbocycles. The Hall–Kier alpha value is 0.387. The molecule has 0 rings (SSSR count). The Morgan fingerprint density at radius 1 is 0.586 bits per heavy atom. The maximum atomic E-state index is 6.38. The third kappa shape index (κ3) is 20.1. The molecule has 0 aromatic rings. The van der Waals surface area contributed by atoms with Gasteiger partial charge >= 0.3 is 8.11 Å². The van der Waals surface area contributed by atoms with Crippen LogP contribution in [0.3, 0.4) is 0 Å². The third-order valence-electron chi connectivity index (χ3n) is 5.44. The summed E-state index contributed by atoms with van der Waals surface area (Å²) in [4.78, 5) is 0. The van der Waals surface area contributed by atoms with Crippen LogP contribution in [0, 0.1) is 0 Å². The second-order valence-corrected chi connectivity index (χ2v) is 11.5. The average Bonchev–Trinajstić information content (AvgIpc) is 2.67. The molecule has 0 radical (unpaired) electrons. The molecule has 0 aromatic heterocycles. The lowest BCUT2D eigenvalue weighted by Gasteiger charge is -2.25. The smallest absolute Gasteiger partial charge is 0.362 e. The first-order valence-corrected chi connectivity index (χ1v) is 15.5. The fourth-order valence-corrected chi connectivity index (χ4v) is 6.35. The Bertz CT molecular complexity index is 325. The van der Waals surface area contributed by atoms with Crippen LogP contribution in [0.25, 0.3) is 0 Å². The first kappa shape index (κ1) is 29.4. The summed E-state index contributed by atoms with van der Waals surface area (Å²) in [6.07, 6.45) is 23.5. The first-order chi connectivity index (χ1) is 14.1. The lowest BCUT2D eigenvalue weighted by atomic mass is 10.0. The third-order valence-corrected chi connectivity index (χ3v) is 8.31. The van der Waals surface area contributed by atoms with Crippen molar-refractivity contribution < 1.29 is 13.3 Å². The van der Waals surface area contributed by atoms with Crippen molar-refractivity contribution in [3.8, 4) is 0 Å². The second kappa shape index (κ2) is 21.6. The molecule has 0 aliphatic rings. The molecule has 0 saturated carbocycles. The van der Waals surface area contributed by atoms with Crippen LogP contribution in [0.2, 0.25) is 0 Å². The highest BCUT2D eigenvalue weighted by Gasteiger charge is 2.40. The van der Waals surface area contributed by atoms with Gasteiger partial charge < -0.3 is 13.3 Å². The zero-order valence-electron chi connectivity index (χ0n) is 20.1. The molecule has 0 saturated heterocycles. The average molecular weight is 451 g/mol. The molecule has 1 atom stereocenters. The normalized spacial score (nSPS) is 13.1. The first-order valence-electron chi connectivity index (χ1n) is 12.7. The number of rotatable bonds is 23. The molecular weight excluding hydrogens is 400 g/mol. The van der Waals surface area contributed by atoms with Gasteiger partial charge in [-0.2, -0.15) is 0 Å². The Labute approximate surface area is 188 Å². The molecule has 0 spiro atoms. The van der Waals surface area contributed by atoms with Crippen LogP contribution in [0.1, 0.15) is 137 Å². The summed E-state index contributed by atoms with van der Waals surface area (Å²) in [7, 11) is -2.95. The Kier molecular flexibility index (Phi) is 21.9. The molecule has 5 heteroatoms. The van der Waals surface area contributed by atoms with Crippen molar-refractivity contribution in [3.05, 3.63) is 0 Å². The molecule has 1 unspecified atom stereocenters. The van der Waals surface area contributed by atoms with E-state index in [1.807, 2.05) is 13.8 Å². The Morgan fingerprint density at radius 3 is 1.28 bits per heavy atom. The maximum absolute atomic E-state index is 6.38. The van der Waals surface area contributed by atoms with E-state index in [9.17, 15) is 0 Å². The predicted octanol–water partition coefficient (Wildman–Crippen LogP) is 8.79. The van der Waals surface area contributed by atoms with Crippen LogP contribution in [0.15, 0.2) is 0 Å². The maximum Gasteiger partial charge on any atom is 0.613 e. The van der Waals surface area contributed by atoms with Gasteiger partial charge in [-0.1, -0.05) is 121 Å². The molecule has 176 valence electrons. The van der Waals surface area contributed by atoms with Crippen LogP contribution in [0.5, 0.6) is 0 Å². The summed E-state index contributed by atoms with van der Waals surface area (Å²) in [6, 6.07) is 0. The molecule has 0 bridgehead atoms. The minimum Gasteiger partial charge on any atom is -0.362 e. The van der Waals surface area contributed by atoms with E-state index in [0.717, 1.165) is 6.42 Å². The van der Waals surface area contributed by atoms with E-state index < -0.39 is 8.11 Å². The number of halogens is 1. The zero-order valence-corrected chi connectivity index (χ0v) is 21.9. The quantitative estimate of drug-likeness (QED) is 0.0883. The second-order valence-electron chi connectivity index (χ2n) is 8.37. The summed E-state index contributed by atoms with van der Waals surface area (Å²) in [5.41, 5.74) is 0. The van der Waals surface area contributed by atoms with Crippen molar-refractivity contribution in [2.24, 2.45) is 0 Å². The van der Waals surface area contributed by atoms with Crippen molar-refractivity contribution in [1.82, 2.24) is 0 Å². The van der Waals surface area contributed by atoms with Crippen LogP contribution in [0.4, 0.5) is 0 Å². The molecule has 3 nitrogen and oxygen atoms in total. The highest BCUT2D eigenvalue weighted by molar-refractivity contribution is 7.09. The SMILES string of the molecule is CCCCCCCCCCCCCCCCCCC(C)O[Si](Cl)(OCC)OCC. The molecule has 0 N–H and O–H groups in total. The summed E-state index contributed by atoms with van der Waals surface area (Å²) >= 11 is 6.38. The van der Waals surface area contributed by atoms with Crippen molar-refractivity contribution in [2.75, 3.05) is 13.2 Å². The number of hydrogen-bond acceptors (Lipinski definition) is 3. The van der Waals surface area contributed by atoms with Gasteiger partial charge in [-0.25, -0.2) is 0 Å². The summed E-state index contributed by atoms with van der Waals surface area (Å²) < 4.78 is 17.0. The van der Waals surface area contributed by atoms with Crippen molar-refractivity contribution in [1.29, 1.82) is 0 Å². The van der Waals surface area contributed by atoms with E-state index in [2.05, 4.69) is 13.8 Å². The Morgan fingerprint density at radius 2 is 0.931 bits per heavy atom. The van der Waals surface area contributed by atoms with Gasteiger partial charge in [0.25, 0.3) is 0 Å². The van der Waals surface area contributed by atoms with E-state index in [-0.39, 0.29) is 6.10 Å². The van der Waals surface area contributed by atoms with E-state index >= 15 is 0 Å². The highest BCUT2D eigenvalue weighted by atomic mass is 35.6. The van der Waals surface area contributed by atoms with Crippen molar-refractivity contribution >= 4 is 19.2 Å². The van der Waals surface area contributed by atoms with Crippen molar-refractivity contribution in [2.45, 2.75) is 143 Å². The van der Waals surface area contributed by atoms with Gasteiger partial charge in [-0.15, -0.1) is 0 Å². The molecule has 0 heterocycles. The van der Waals surface area contributed by atoms with Gasteiger partial charge in [0, 0.05) is 19.3 Å². The van der Waals surface area contributed by atoms with Gasteiger partial charge in [0.2, 0.25) is 0 Å². The number of hydrogen-bond donors (Lipinski definition) is 0. The van der Waals surface area contributed by atoms with E-state index in [1.54, 1.807) is 0 Å². The molecule has 0 aromatic carbocycles. The minimum atomic E-state index is -2.95. The highest BCUT2D eigenvalue weighted by Crippen LogP contribution is 2.20. The van der Waals surface area contributed by atoms with Gasteiger partial charge in [-0.05, 0) is 27.2 Å². The lowest BCUT2D eigenvalue weighted by molar-refractivity contribution is 0.0548. The fraction of sp³-hybridized carbons (Fsp3) is 1.00. The van der Waals surface area contributed by atoms with Crippen LogP contribution < -0.4 is 0 Å². The minimum absolute atomic E-state index is 0.101. The molecule has 0 amide bonds. The topological polar surface area (TPSA) is 27.7 Å². The molecule has 29 heavy (non-hydrogen) atoms. The van der Waals surface area contributed by atoms with Gasteiger partial charge in [0.15, 0.2) is 0 Å². The van der Waals surface area contributed by atoms with E-state index in [0.29, 0.717) is 13.2 Å². The van der Waals surface area contributed by atoms with Gasteiger partial charge in [0.05, 0.1) is 0 Å². The predicted molar refractivity (Wildman–Crippen MR) is 130 cm³/mol. The number of unbranched alkanes of at least 4 members (excludes halogenated alkanes) is 15. The standard InChI is InChI=1S/C24H51ClO3Si/c1-5-8-9-10-11-12-13-14-15-16-17-18-19-20-21-22-23-24(4)28-29(25,26-6-2)27-7-3/h24H,5-23H2,1-4H3. The van der Waals surface area contributed by atoms with E-state index in [1.165, 1.54) is 103 Å². The monoisotopic (exact) mass is 450 g/mol. The fourth-order valence-electron chi connectivity index (χ4n) is 3.73. The lowest BCUT2D eigenvalue weighted by Crippen LogP contribution is -2.42. The van der Waals surface area contributed by atoms with Gasteiger partial charge in [-0.3, -0.25) is 0 Å². The summed E-state index contributed by atoms with van der Waals surface area (Å²) in [6.45, 7) is 9.27. The summed E-state index contributed by atoms with van der Waals surface area (Å²) in [5, 5.41) is 0. The van der Waals surface area contributed by atoms with E-state index in [4.69, 9.17) is 24.4 Å².